The Hall–Kier alpha value is -3.69. The normalized spacial score (nSPS) is 15.1. The van der Waals surface area contributed by atoms with Crippen LogP contribution >= 0.6 is 11.6 Å². The molecule has 4 N–H and O–H groups in total. The number of nitrogens with two attached hydrogens (primary N) is 1. The number of halogens is 2. The van der Waals surface area contributed by atoms with Crippen LogP contribution < -0.4 is 21.1 Å². The van der Waals surface area contributed by atoms with Crippen LogP contribution in [0.5, 0.6) is 5.88 Å². The largest absolute Gasteiger partial charge is 0.481 e. The number of pyridine rings is 1. The van der Waals surface area contributed by atoms with Gasteiger partial charge in [0.2, 0.25) is 5.88 Å². The van der Waals surface area contributed by atoms with E-state index in [9.17, 15) is 4.39 Å². The summed E-state index contributed by atoms with van der Waals surface area (Å²) >= 11 is 6.29. The molecule has 3 aromatic heterocycles. The maximum atomic E-state index is 13.9. The molecule has 1 aliphatic heterocycles. The third kappa shape index (κ3) is 5.55. The van der Waals surface area contributed by atoms with E-state index in [0.717, 1.165) is 53.8 Å². The van der Waals surface area contributed by atoms with Gasteiger partial charge in [-0.1, -0.05) is 11.6 Å². The lowest BCUT2D eigenvalue weighted by Crippen LogP contribution is -2.45. The average Bonchev–Trinajstić information content (AvgIpc) is 3.35. The first-order valence-electron chi connectivity index (χ1n) is 13.0. The van der Waals surface area contributed by atoms with Crippen LogP contribution in [-0.4, -0.2) is 46.2 Å². The summed E-state index contributed by atoms with van der Waals surface area (Å²) in [5.41, 5.74) is 11.8. The maximum absolute atomic E-state index is 13.9. The zero-order chi connectivity index (χ0) is 27.7. The number of fused-ring (bicyclic) bond motifs is 1. The highest BCUT2D eigenvalue weighted by Crippen LogP contribution is 2.36. The van der Waals surface area contributed by atoms with E-state index in [1.54, 1.807) is 19.5 Å². The molecule has 8 nitrogen and oxygen atoms in total. The molecule has 1 saturated heterocycles. The van der Waals surface area contributed by atoms with E-state index in [0.29, 0.717) is 22.4 Å². The van der Waals surface area contributed by atoms with Crippen LogP contribution in [0.4, 0.5) is 15.8 Å². The molecule has 0 spiro atoms. The zero-order valence-corrected chi connectivity index (χ0v) is 23.3. The van der Waals surface area contributed by atoms with Crippen LogP contribution in [0.15, 0.2) is 53.9 Å². The van der Waals surface area contributed by atoms with Crippen LogP contribution in [0.3, 0.4) is 0 Å². The van der Waals surface area contributed by atoms with Crippen molar-refractivity contribution in [3.8, 4) is 17.0 Å². The molecule has 4 aromatic rings. The number of hydrogen-bond acceptors (Lipinski definition) is 6. The van der Waals surface area contributed by atoms with Crippen LogP contribution in [0.25, 0.3) is 16.6 Å². The molecule has 4 heterocycles. The van der Waals surface area contributed by atoms with Gasteiger partial charge in [-0.25, -0.2) is 18.9 Å². The third-order valence-corrected chi connectivity index (χ3v) is 7.79. The number of benzene rings is 1. The van der Waals surface area contributed by atoms with Gasteiger partial charge >= 0.3 is 0 Å². The van der Waals surface area contributed by atoms with Gasteiger partial charge in [0.25, 0.3) is 0 Å². The highest BCUT2D eigenvalue weighted by molar-refractivity contribution is 6.33. The predicted molar refractivity (Wildman–Crippen MR) is 155 cm³/mol. The number of aliphatic imine (C=N–C) groups is 1. The molecule has 204 valence electrons. The van der Waals surface area contributed by atoms with Gasteiger partial charge in [0.05, 0.1) is 40.8 Å². The summed E-state index contributed by atoms with van der Waals surface area (Å²) < 4.78 is 21.1. The van der Waals surface area contributed by atoms with Crippen molar-refractivity contribution in [2.75, 3.05) is 25.5 Å². The number of rotatable bonds is 7. The Kier molecular flexibility index (Phi) is 7.46. The molecule has 0 aliphatic carbocycles. The quantitative estimate of drug-likeness (QED) is 0.201. The molecular formula is C29H33ClFN7O. The number of aryl methyl sites for hydroxylation is 1. The Labute approximate surface area is 232 Å². The van der Waals surface area contributed by atoms with Gasteiger partial charge in [0.1, 0.15) is 11.7 Å². The standard InChI is InChI=1S/C29H33ClFN7O/c1-17-11-26(39-4)34-14-21(17)18-12-25-27(37-29(2,3)19-7-9-33-10-8-19)22(15-35-38(25)16-18)28(32)36-24-13-20(31)5-6-23(24)30/h5-6,11-16,19,33,37H,7-10H2,1-4H3,(H2,32,36). The minimum atomic E-state index is -0.440. The minimum absolute atomic E-state index is 0.186. The van der Waals surface area contributed by atoms with Gasteiger partial charge in [-0.05, 0) is 76.4 Å². The van der Waals surface area contributed by atoms with E-state index < -0.39 is 5.82 Å². The van der Waals surface area contributed by atoms with Crippen molar-refractivity contribution in [1.82, 2.24) is 19.9 Å². The summed E-state index contributed by atoms with van der Waals surface area (Å²) in [6, 6.07) is 7.99. The number of aromatic nitrogens is 3. The highest BCUT2D eigenvalue weighted by Gasteiger charge is 2.32. The molecule has 0 unspecified atom stereocenters. The van der Waals surface area contributed by atoms with E-state index in [1.807, 2.05) is 23.7 Å². The van der Waals surface area contributed by atoms with Crippen molar-refractivity contribution in [2.24, 2.45) is 16.6 Å². The number of nitrogens with one attached hydrogen (secondary N) is 2. The Bertz CT molecular complexity index is 1540. The zero-order valence-electron chi connectivity index (χ0n) is 22.6. The number of amidine groups is 1. The molecule has 0 bridgehead atoms. The first kappa shape index (κ1) is 26.9. The fourth-order valence-corrected chi connectivity index (χ4v) is 5.36. The summed E-state index contributed by atoms with van der Waals surface area (Å²) in [5.74, 6) is 0.750. The van der Waals surface area contributed by atoms with Crippen LogP contribution in [0.2, 0.25) is 5.02 Å². The van der Waals surface area contributed by atoms with Crippen LogP contribution in [0, 0.1) is 18.7 Å². The van der Waals surface area contributed by atoms with Crippen molar-refractivity contribution in [3.63, 3.8) is 0 Å². The van der Waals surface area contributed by atoms with E-state index in [2.05, 4.69) is 45.6 Å². The first-order chi connectivity index (χ1) is 18.7. The van der Waals surface area contributed by atoms with Gasteiger partial charge in [0.15, 0.2) is 0 Å². The molecule has 1 fully saturated rings. The van der Waals surface area contributed by atoms with Gasteiger partial charge < -0.3 is 21.1 Å². The van der Waals surface area contributed by atoms with E-state index >= 15 is 0 Å². The average molecular weight is 550 g/mol. The molecule has 1 aliphatic rings. The molecule has 0 saturated carbocycles. The Balaban J connectivity index is 1.65. The number of anilines is 1. The summed E-state index contributed by atoms with van der Waals surface area (Å²) in [6.45, 7) is 8.40. The molecule has 0 amide bonds. The number of methoxy groups -OCH3 is 1. The van der Waals surface area contributed by atoms with E-state index in [-0.39, 0.29) is 17.1 Å². The molecule has 0 radical (unpaired) electrons. The minimum Gasteiger partial charge on any atom is -0.481 e. The van der Waals surface area contributed by atoms with Crippen molar-refractivity contribution in [1.29, 1.82) is 0 Å². The summed E-state index contributed by atoms with van der Waals surface area (Å²) in [5, 5.41) is 12.2. The molecule has 5 rings (SSSR count). The number of ether oxygens (including phenoxy) is 1. The SMILES string of the molecule is COc1cc(C)c(-c2cc3c(NC(C)(C)C4CCNCC4)c(C(N)=Nc4cc(F)ccc4Cl)cnn3c2)cn1. The molecule has 10 heteroatoms. The smallest absolute Gasteiger partial charge is 0.213 e. The molecule has 0 atom stereocenters. The molecular weight excluding hydrogens is 517 g/mol. The summed E-state index contributed by atoms with van der Waals surface area (Å²) in [4.78, 5) is 8.90. The number of nitrogens with zero attached hydrogens (tertiary/aromatic N) is 4. The maximum Gasteiger partial charge on any atom is 0.213 e. The van der Waals surface area contributed by atoms with Gasteiger partial charge in [-0.2, -0.15) is 5.10 Å². The van der Waals surface area contributed by atoms with Gasteiger partial charge in [0, 0.05) is 41.2 Å². The molecule has 1 aromatic carbocycles. The van der Waals surface area contributed by atoms with Gasteiger partial charge in [-0.3, -0.25) is 0 Å². The number of piperidine rings is 1. The summed E-state index contributed by atoms with van der Waals surface area (Å²) in [6.07, 6.45) is 7.57. The van der Waals surface area contributed by atoms with Crippen molar-refractivity contribution < 1.29 is 9.13 Å². The second-order valence-electron chi connectivity index (χ2n) is 10.5. The fraction of sp³-hybridized carbons (Fsp3) is 0.345. The Morgan fingerprint density at radius 2 is 2.00 bits per heavy atom. The fourth-order valence-electron chi connectivity index (χ4n) is 5.20. The number of hydrogen-bond donors (Lipinski definition) is 3. The summed E-state index contributed by atoms with van der Waals surface area (Å²) in [7, 11) is 1.60. The Morgan fingerprint density at radius 3 is 2.72 bits per heavy atom. The van der Waals surface area contributed by atoms with Crippen LogP contribution in [-0.2, 0) is 0 Å². The monoisotopic (exact) mass is 549 g/mol. The van der Waals surface area contributed by atoms with Crippen LogP contribution in [0.1, 0.15) is 37.8 Å². The second-order valence-corrected chi connectivity index (χ2v) is 10.9. The topological polar surface area (TPSA) is 102 Å². The lowest BCUT2D eigenvalue weighted by molar-refractivity contribution is 0.269. The lowest BCUT2D eigenvalue weighted by Gasteiger charge is -2.39. The third-order valence-electron chi connectivity index (χ3n) is 7.47. The van der Waals surface area contributed by atoms with Gasteiger partial charge in [-0.15, -0.1) is 0 Å². The lowest BCUT2D eigenvalue weighted by atomic mass is 9.80. The predicted octanol–water partition coefficient (Wildman–Crippen LogP) is 5.73. The van der Waals surface area contributed by atoms with Crippen molar-refractivity contribution in [2.45, 2.75) is 39.2 Å². The second kappa shape index (κ2) is 10.8. The van der Waals surface area contributed by atoms with Crippen molar-refractivity contribution in [3.05, 3.63) is 70.9 Å². The first-order valence-corrected chi connectivity index (χ1v) is 13.3. The van der Waals surface area contributed by atoms with E-state index in [1.165, 1.54) is 18.2 Å². The highest BCUT2D eigenvalue weighted by atomic mass is 35.5. The van der Waals surface area contributed by atoms with Crippen molar-refractivity contribution >= 4 is 34.3 Å². The van der Waals surface area contributed by atoms with E-state index in [4.69, 9.17) is 22.1 Å². The Morgan fingerprint density at radius 1 is 1.23 bits per heavy atom. The molecule has 39 heavy (non-hydrogen) atoms.